The number of hydrogen-bond acceptors (Lipinski definition) is 0. The summed E-state index contributed by atoms with van der Waals surface area (Å²) in [5.74, 6) is 0. The minimum atomic E-state index is 0. The summed E-state index contributed by atoms with van der Waals surface area (Å²) < 4.78 is 0. The predicted molar refractivity (Wildman–Crippen MR) is 172 cm³/mol. The molecule has 3 aliphatic carbocycles. The van der Waals surface area contributed by atoms with E-state index in [1.165, 1.54) is 57.3 Å². The largest absolute Gasteiger partial charge is 0.214 e. The van der Waals surface area contributed by atoms with Crippen LogP contribution in [0, 0.1) is 6.07 Å². The van der Waals surface area contributed by atoms with Gasteiger partial charge in [0.15, 0.2) is 0 Å². The van der Waals surface area contributed by atoms with Crippen molar-refractivity contribution in [3.05, 3.63) is 89.0 Å². The van der Waals surface area contributed by atoms with Crippen LogP contribution in [0.15, 0.2) is 60.7 Å². The first-order valence-corrected chi connectivity index (χ1v) is 21.3. The van der Waals surface area contributed by atoms with Gasteiger partial charge < -0.3 is 24.8 Å². The molecule has 228 valence electrons. The zero-order chi connectivity index (χ0) is 28.8. The Kier molecular flexibility index (Phi) is 15.5. The fourth-order valence-corrected chi connectivity index (χ4v) is 13.5. The zero-order valence-corrected chi connectivity index (χ0v) is 31.9. The molecule has 0 heterocycles. The second-order valence-corrected chi connectivity index (χ2v) is 21.2. The summed E-state index contributed by atoms with van der Waals surface area (Å²) in [4.78, 5) is 0. The molecule has 0 bridgehead atoms. The minimum absolute atomic E-state index is 0. The van der Waals surface area contributed by atoms with Crippen LogP contribution < -0.4 is 24.8 Å². The van der Waals surface area contributed by atoms with Gasteiger partial charge in [-0.3, -0.25) is 0 Å². The van der Waals surface area contributed by atoms with Crippen LogP contribution in [0.25, 0.3) is 11.1 Å². The standard InChI is InChI=1S/C21H25.C12H22Si.C5H5.2ClH.Zr/c1-20(2,3)16-9-7-14-11-15-8-10-17(21(4,5)6)13-19(15)18(14)12-16;1-3-7-11(8-4-1)13-12-9-5-2-6-10-12;1-2-4-5-3-1;;;/h7,9-10,12-13H,11H2,1-6H3;11-12H,1-10H2;1-5H;2*1H;/q-1;;-1;;;+2/p-2. The van der Waals surface area contributed by atoms with Crippen LogP contribution in [0.1, 0.15) is 128 Å². The van der Waals surface area contributed by atoms with Gasteiger partial charge in [-0.1, -0.05) is 76.3 Å². The molecule has 2 fully saturated rings. The third-order valence-corrected chi connectivity index (χ3v) is 18.1. The smallest absolute Gasteiger partial charge is 0.172 e. The Morgan fingerprint density at radius 3 is 1.67 bits per heavy atom. The van der Waals surface area contributed by atoms with Crippen molar-refractivity contribution in [3.63, 3.8) is 0 Å². The van der Waals surface area contributed by atoms with Gasteiger partial charge in [0.1, 0.15) is 0 Å². The molecule has 0 spiro atoms. The first-order chi connectivity index (χ1) is 19.0. The Labute approximate surface area is 285 Å². The summed E-state index contributed by atoms with van der Waals surface area (Å²) in [7, 11) is 0. The molecule has 0 unspecified atom stereocenters. The zero-order valence-electron chi connectivity index (χ0n) is 27.0. The van der Waals surface area contributed by atoms with Crippen molar-refractivity contribution in [1.29, 1.82) is 0 Å². The van der Waals surface area contributed by atoms with Gasteiger partial charge in [-0.25, -0.2) is 12.1 Å². The normalized spacial score (nSPS) is 16.8. The average Bonchev–Trinajstić information content (AvgIpc) is 3.64. The molecule has 0 amide bonds. The molecule has 0 aliphatic heterocycles. The van der Waals surface area contributed by atoms with Gasteiger partial charge in [0.05, 0.1) is 0 Å². The van der Waals surface area contributed by atoms with E-state index in [-0.39, 0.29) is 41.1 Å². The van der Waals surface area contributed by atoms with Crippen molar-refractivity contribution in [2.24, 2.45) is 0 Å². The van der Waals surface area contributed by atoms with Crippen LogP contribution in [-0.4, -0.2) is 5.43 Å². The van der Waals surface area contributed by atoms with Gasteiger partial charge in [-0.05, 0) is 17.4 Å². The third-order valence-electron chi connectivity index (χ3n) is 9.17. The summed E-state index contributed by atoms with van der Waals surface area (Å²) in [6.45, 7) is 13.6. The van der Waals surface area contributed by atoms with Crippen LogP contribution in [0.3, 0.4) is 0 Å². The molecule has 3 aromatic carbocycles. The van der Waals surface area contributed by atoms with Gasteiger partial charge in [0.2, 0.25) is 0 Å². The van der Waals surface area contributed by atoms with E-state index in [1.54, 1.807) is 51.4 Å². The first-order valence-electron chi connectivity index (χ1n) is 16.0. The van der Waals surface area contributed by atoms with Crippen LogP contribution in [-0.2, 0) is 40.6 Å². The van der Waals surface area contributed by atoms with E-state index in [0.29, 0.717) is 0 Å². The number of hydrogen-bond donors (Lipinski definition) is 0. The number of fused-ring (bicyclic) bond motifs is 3. The molecular formula is C38H52Cl2SiZr-2. The van der Waals surface area contributed by atoms with Crippen LogP contribution in [0.4, 0.5) is 0 Å². The molecule has 3 aliphatic rings. The second kappa shape index (κ2) is 17.2. The molecule has 0 nitrogen and oxygen atoms in total. The predicted octanol–water partition coefficient (Wildman–Crippen LogP) is 5.26. The minimum Gasteiger partial charge on any atom is -0.214 e. The monoisotopic (exact) mass is 696 g/mol. The third kappa shape index (κ3) is 10.5. The van der Waals surface area contributed by atoms with E-state index in [2.05, 4.69) is 77.9 Å². The number of halogens is 2. The summed E-state index contributed by atoms with van der Waals surface area (Å²) in [6.07, 6.45) is 16.7. The Hall–Kier alpha value is -0.530. The van der Waals surface area contributed by atoms with Gasteiger partial charge in [0.25, 0.3) is 0 Å². The van der Waals surface area contributed by atoms with Gasteiger partial charge in [-0.2, -0.15) is 47.5 Å². The molecule has 0 atom stereocenters. The van der Waals surface area contributed by atoms with Crippen LogP contribution in [0.2, 0.25) is 11.1 Å². The Bertz CT molecular complexity index is 1120. The molecule has 0 N–H and O–H groups in total. The molecule has 3 aromatic rings. The van der Waals surface area contributed by atoms with E-state index in [1.807, 2.05) is 53.7 Å². The summed E-state index contributed by atoms with van der Waals surface area (Å²) in [5, 5.41) is 0. The Morgan fingerprint density at radius 1 is 0.714 bits per heavy atom. The molecule has 4 heteroatoms. The van der Waals surface area contributed by atoms with Gasteiger partial charge in [-0.15, -0.1) is 5.56 Å². The molecule has 2 saturated carbocycles. The quantitative estimate of drug-likeness (QED) is 0.198. The molecule has 42 heavy (non-hydrogen) atoms. The van der Waals surface area contributed by atoms with E-state index >= 15 is 0 Å². The fraction of sp³-hybridized carbons (Fsp3) is 0.553. The first kappa shape index (κ1) is 37.7. The molecule has 0 aromatic heterocycles. The Morgan fingerprint density at radius 2 is 1.21 bits per heavy atom. The van der Waals surface area contributed by atoms with Crippen molar-refractivity contribution in [2.75, 3.05) is 0 Å². The van der Waals surface area contributed by atoms with Crippen molar-refractivity contribution in [1.82, 2.24) is 0 Å². The molecule has 0 saturated heterocycles. The molecule has 6 rings (SSSR count). The van der Waals surface area contributed by atoms with Gasteiger partial charge in [0, 0.05) is 0 Å². The Balaban J connectivity index is 0.000000253. The van der Waals surface area contributed by atoms with Crippen molar-refractivity contribution >= 4 is 5.43 Å². The topological polar surface area (TPSA) is 0 Å². The van der Waals surface area contributed by atoms with Crippen molar-refractivity contribution < 1.29 is 48.1 Å². The number of rotatable bonds is 2. The van der Waals surface area contributed by atoms with Crippen LogP contribution in [0.5, 0.6) is 0 Å². The van der Waals surface area contributed by atoms with Gasteiger partial charge >= 0.3 is 104 Å². The molecular weight excluding hydrogens is 647 g/mol. The number of benzene rings is 2. The summed E-state index contributed by atoms with van der Waals surface area (Å²) in [6, 6.07) is 25.1. The maximum Gasteiger partial charge on any atom is -0.172 e. The van der Waals surface area contributed by atoms with Crippen LogP contribution >= 0.6 is 0 Å². The van der Waals surface area contributed by atoms with E-state index in [4.69, 9.17) is 0 Å². The second-order valence-electron chi connectivity index (χ2n) is 14.4. The van der Waals surface area contributed by atoms with E-state index in [9.17, 15) is 0 Å². The maximum absolute atomic E-state index is 3.53. The average molecular weight is 699 g/mol. The van der Waals surface area contributed by atoms with Crippen molar-refractivity contribution in [3.8, 4) is 11.1 Å². The fourth-order valence-electron chi connectivity index (χ4n) is 6.47. The summed E-state index contributed by atoms with van der Waals surface area (Å²) >= 11 is 1.95. The van der Waals surface area contributed by atoms with E-state index < -0.39 is 0 Å². The maximum atomic E-state index is 3.53. The van der Waals surface area contributed by atoms with Crippen molar-refractivity contribution in [2.45, 2.75) is 134 Å². The summed E-state index contributed by atoms with van der Waals surface area (Å²) in [5.41, 5.74) is 11.3. The SMILES string of the molecule is CC(C)(C)c1c[c-]c2c(c1)-c1cc(C(C)(C)C)ccc1C2.[Cl-].[Cl-].[Zr+2]=[Si](C1CCCCC1)C1CCCCC1.c1cc[cH-]c1. The van der Waals surface area contributed by atoms with E-state index in [0.717, 1.165) is 6.42 Å². The molecule has 0 radical (unpaired) electrons.